The summed E-state index contributed by atoms with van der Waals surface area (Å²) in [5.41, 5.74) is 9.27. The molecule has 0 unspecified atom stereocenters. The van der Waals surface area contributed by atoms with Crippen LogP contribution in [0.3, 0.4) is 0 Å². The van der Waals surface area contributed by atoms with Crippen molar-refractivity contribution in [2.75, 3.05) is 13.1 Å². The Morgan fingerprint density at radius 1 is 0.963 bits per heavy atom. The molecule has 0 atom stereocenters. The molecule has 0 aliphatic rings. The smallest absolute Gasteiger partial charge is 0.323 e. The molecule has 0 saturated heterocycles. The van der Waals surface area contributed by atoms with E-state index < -0.39 is 0 Å². The Kier molecular flexibility index (Phi) is 6.44. The number of aromatic amines is 2. The van der Waals surface area contributed by atoms with E-state index in [-0.39, 0.29) is 11.6 Å². The van der Waals surface area contributed by atoms with Crippen LogP contribution in [0.4, 0.5) is 0 Å². The van der Waals surface area contributed by atoms with Gasteiger partial charge in [-0.05, 0) is 49.1 Å². The predicted octanol–water partition coefficient (Wildman–Crippen LogP) is 2.56. The fourth-order valence-corrected chi connectivity index (χ4v) is 3.21. The van der Waals surface area contributed by atoms with E-state index in [9.17, 15) is 9.59 Å². The van der Waals surface area contributed by atoms with Crippen molar-refractivity contribution in [3.63, 3.8) is 0 Å². The molecule has 0 aliphatic carbocycles. The number of benzene rings is 2. The number of aryl methyl sites for hydroxylation is 1. The molecule has 0 spiro atoms. The van der Waals surface area contributed by atoms with E-state index in [0.717, 1.165) is 41.4 Å². The van der Waals surface area contributed by atoms with Crippen molar-refractivity contribution in [2.45, 2.75) is 32.2 Å². The Labute approximate surface area is 158 Å². The number of carbonyl (C=O) groups is 1. The van der Waals surface area contributed by atoms with Gasteiger partial charge in [-0.1, -0.05) is 36.4 Å². The molecule has 0 saturated carbocycles. The van der Waals surface area contributed by atoms with E-state index in [1.165, 1.54) is 0 Å². The standard InChI is InChI=1S/C21H26N4O2/c22-12-5-13-25(15-17-6-2-1-3-7-17)20(26)9-4-8-16-10-11-18-19(14-16)24-21(27)23-18/h1-3,6-7,10-11,14H,4-5,8-9,12-13,15,22H2,(H2,23,24,27). The first-order valence-electron chi connectivity index (χ1n) is 9.38. The van der Waals surface area contributed by atoms with Crippen LogP contribution in [-0.2, 0) is 17.8 Å². The van der Waals surface area contributed by atoms with Crippen molar-refractivity contribution in [1.82, 2.24) is 14.9 Å². The Bertz CT molecular complexity index is 930. The molecule has 6 heteroatoms. The lowest BCUT2D eigenvalue weighted by atomic mass is 10.1. The monoisotopic (exact) mass is 366 g/mol. The van der Waals surface area contributed by atoms with Crippen LogP contribution in [0.15, 0.2) is 53.3 Å². The summed E-state index contributed by atoms with van der Waals surface area (Å²) in [5, 5.41) is 0. The van der Waals surface area contributed by atoms with Crippen LogP contribution in [0.25, 0.3) is 11.0 Å². The highest BCUT2D eigenvalue weighted by Crippen LogP contribution is 2.14. The van der Waals surface area contributed by atoms with Crippen molar-refractivity contribution < 1.29 is 4.79 Å². The van der Waals surface area contributed by atoms with Gasteiger partial charge >= 0.3 is 5.69 Å². The SMILES string of the molecule is NCCCN(Cc1ccccc1)C(=O)CCCc1ccc2[nH]c(=O)[nH]c2c1. The molecule has 0 bridgehead atoms. The van der Waals surface area contributed by atoms with Gasteiger partial charge in [0.25, 0.3) is 0 Å². The molecule has 1 amide bonds. The zero-order valence-corrected chi connectivity index (χ0v) is 15.4. The second kappa shape index (κ2) is 9.19. The third-order valence-electron chi connectivity index (χ3n) is 4.64. The van der Waals surface area contributed by atoms with Crippen molar-refractivity contribution in [1.29, 1.82) is 0 Å². The van der Waals surface area contributed by atoms with Crippen molar-refractivity contribution in [3.8, 4) is 0 Å². The lowest BCUT2D eigenvalue weighted by Gasteiger charge is -2.23. The number of fused-ring (bicyclic) bond motifs is 1. The first kappa shape index (κ1) is 18.9. The van der Waals surface area contributed by atoms with Gasteiger partial charge in [-0.25, -0.2) is 4.79 Å². The average molecular weight is 366 g/mol. The number of nitrogens with one attached hydrogen (secondary N) is 2. The molecule has 6 nitrogen and oxygen atoms in total. The second-order valence-electron chi connectivity index (χ2n) is 6.76. The number of imidazole rings is 1. The first-order valence-corrected chi connectivity index (χ1v) is 9.38. The van der Waals surface area contributed by atoms with Crippen LogP contribution in [0.2, 0.25) is 0 Å². The highest BCUT2D eigenvalue weighted by atomic mass is 16.2. The van der Waals surface area contributed by atoms with Crippen LogP contribution in [0, 0.1) is 0 Å². The molecule has 4 N–H and O–H groups in total. The van der Waals surface area contributed by atoms with E-state index in [4.69, 9.17) is 5.73 Å². The third-order valence-corrected chi connectivity index (χ3v) is 4.64. The number of hydrogen-bond donors (Lipinski definition) is 3. The summed E-state index contributed by atoms with van der Waals surface area (Å²) in [5.74, 6) is 0.156. The second-order valence-corrected chi connectivity index (χ2v) is 6.76. The molecule has 1 aromatic heterocycles. The van der Waals surface area contributed by atoms with E-state index >= 15 is 0 Å². The molecule has 0 fully saturated rings. The summed E-state index contributed by atoms with van der Waals surface area (Å²) in [6.45, 7) is 1.88. The minimum Gasteiger partial charge on any atom is -0.338 e. The lowest BCUT2D eigenvalue weighted by Crippen LogP contribution is -2.32. The molecular formula is C21H26N4O2. The molecular weight excluding hydrogens is 340 g/mol. The van der Waals surface area contributed by atoms with Crippen LogP contribution in [0.5, 0.6) is 0 Å². The van der Waals surface area contributed by atoms with Gasteiger partial charge in [-0.3, -0.25) is 4.79 Å². The maximum absolute atomic E-state index is 12.7. The van der Waals surface area contributed by atoms with Gasteiger partial charge < -0.3 is 20.6 Å². The summed E-state index contributed by atoms with van der Waals surface area (Å²) >= 11 is 0. The number of nitrogens with two attached hydrogens (primary N) is 1. The fraction of sp³-hybridized carbons (Fsp3) is 0.333. The van der Waals surface area contributed by atoms with Gasteiger partial charge in [0, 0.05) is 19.5 Å². The maximum Gasteiger partial charge on any atom is 0.323 e. The quantitative estimate of drug-likeness (QED) is 0.543. The van der Waals surface area contributed by atoms with Crippen LogP contribution in [0.1, 0.15) is 30.4 Å². The minimum absolute atomic E-state index is 0.156. The average Bonchev–Trinajstić information content (AvgIpc) is 3.05. The largest absolute Gasteiger partial charge is 0.338 e. The van der Waals surface area contributed by atoms with Gasteiger partial charge in [-0.2, -0.15) is 0 Å². The fourth-order valence-electron chi connectivity index (χ4n) is 3.21. The maximum atomic E-state index is 12.7. The first-order chi connectivity index (χ1) is 13.2. The summed E-state index contributed by atoms with van der Waals surface area (Å²) in [6, 6.07) is 15.9. The molecule has 27 heavy (non-hydrogen) atoms. The number of nitrogens with zero attached hydrogens (tertiary/aromatic N) is 1. The summed E-state index contributed by atoms with van der Waals surface area (Å²) < 4.78 is 0. The normalized spacial score (nSPS) is 11.0. The number of H-pyrrole nitrogens is 2. The van der Waals surface area contributed by atoms with Crippen molar-refractivity contribution in [3.05, 3.63) is 70.1 Å². The molecule has 0 aliphatic heterocycles. The third kappa shape index (κ3) is 5.31. The van der Waals surface area contributed by atoms with E-state index in [1.54, 1.807) is 0 Å². The molecule has 142 valence electrons. The zero-order valence-electron chi connectivity index (χ0n) is 15.4. The Morgan fingerprint density at radius 3 is 2.52 bits per heavy atom. The van der Waals surface area contributed by atoms with Crippen molar-refractivity contribution in [2.24, 2.45) is 5.73 Å². The highest BCUT2D eigenvalue weighted by Gasteiger charge is 2.13. The van der Waals surface area contributed by atoms with Crippen LogP contribution in [-0.4, -0.2) is 33.9 Å². The topological polar surface area (TPSA) is 95.0 Å². The Morgan fingerprint density at radius 2 is 1.74 bits per heavy atom. The van der Waals surface area contributed by atoms with Gasteiger partial charge in [0.1, 0.15) is 0 Å². The van der Waals surface area contributed by atoms with Gasteiger partial charge in [-0.15, -0.1) is 0 Å². The molecule has 1 heterocycles. The van der Waals surface area contributed by atoms with Gasteiger partial charge in [0.05, 0.1) is 11.0 Å². The molecule has 3 rings (SSSR count). The van der Waals surface area contributed by atoms with E-state index in [0.29, 0.717) is 26.1 Å². The summed E-state index contributed by atoms with van der Waals surface area (Å²) in [7, 11) is 0. The molecule has 2 aromatic carbocycles. The number of carbonyl (C=O) groups excluding carboxylic acids is 1. The van der Waals surface area contributed by atoms with Gasteiger partial charge in [0.15, 0.2) is 0 Å². The van der Waals surface area contributed by atoms with Crippen LogP contribution < -0.4 is 11.4 Å². The summed E-state index contributed by atoms with van der Waals surface area (Å²) in [4.78, 5) is 31.4. The number of aromatic nitrogens is 2. The predicted molar refractivity (Wildman–Crippen MR) is 107 cm³/mol. The van der Waals surface area contributed by atoms with Crippen molar-refractivity contribution >= 4 is 16.9 Å². The number of amides is 1. The lowest BCUT2D eigenvalue weighted by molar-refractivity contribution is -0.132. The Balaban J connectivity index is 1.56. The molecule has 0 radical (unpaired) electrons. The summed E-state index contributed by atoms with van der Waals surface area (Å²) in [6.07, 6.45) is 2.87. The van der Waals surface area contributed by atoms with Gasteiger partial charge in [0.2, 0.25) is 5.91 Å². The van der Waals surface area contributed by atoms with E-state index in [2.05, 4.69) is 9.97 Å². The highest BCUT2D eigenvalue weighted by molar-refractivity contribution is 5.76. The Hall–Kier alpha value is -2.86. The molecule has 3 aromatic rings. The number of rotatable bonds is 9. The van der Waals surface area contributed by atoms with E-state index in [1.807, 2.05) is 53.4 Å². The zero-order chi connectivity index (χ0) is 19.1. The van der Waals surface area contributed by atoms with Crippen LogP contribution >= 0.6 is 0 Å². The number of hydrogen-bond acceptors (Lipinski definition) is 3. The minimum atomic E-state index is -0.200.